The maximum Gasteiger partial charge on any atom is 0.416 e. The summed E-state index contributed by atoms with van der Waals surface area (Å²) < 4.78 is 56.8. The van der Waals surface area contributed by atoms with Crippen LogP contribution in [0.2, 0.25) is 0 Å². The Morgan fingerprint density at radius 3 is 2.52 bits per heavy atom. The Hall–Kier alpha value is -2.04. The van der Waals surface area contributed by atoms with Crippen LogP contribution in [0.3, 0.4) is 0 Å². The van der Waals surface area contributed by atoms with Gasteiger partial charge in [-0.1, -0.05) is 5.16 Å². The third kappa shape index (κ3) is 3.49. The molecule has 0 amide bonds. The van der Waals surface area contributed by atoms with Crippen molar-refractivity contribution in [2.45, 2.75) is 6.18 Å². The number of pyridine rings is 1. The molecule has 23 heavy (non-hydrogen) atoms. The fraction of sp³-hybridized carbons (Fsp3) is 0.0714. The molecule has 0 unspecified atom stereocenters. The van der Waals surface area contributed by atoms with Crippen LogP contribution in [0.15, 0.2) is 41.1 Å². The van der Waals surface area contributed by atoms with Crippen LogP contribution in [-0.2, 0) is 6.18 Å². The first-order valence-corrected chi connectivity index (χ1v) is 7.24. The van der Waals surface area contributed by atoms with Crippen LogP contribution in [0.4, 0.5) is 17.6 Å². The third-order valence-electron chi connectivity index (χ3n) is 2.85. The van der Waals surface area contributed by atoms with E-state index in [1.807, 2.05) is 0 Å². The molecule has 1 aromatic carbocycles. The predicted molar refractivity (Wildman–Crippen MR) is 80.6 cm³/mol. The molecule has 0 saturated carbocycles. The van der Waals surface area contributed by atoms with Gasteiger partial charge in [0.1, 0.15) is 11.5 Å². The monoisotopic (exact) mass is 435 g/mol. The van der Waals surface area contributed by atoms with Crippen molar-refractivity contribution in [3.8, 4) is 23.0 Å². The minimum Gasteiger partial charge on any atom is -0.334 e. The molecule has 2 heterocycles. The van der Waals surface area contributed by atoms with E-state index in [4.69, 9.17) is 4.52 Å². The minimum absolute atomic E-state index is 0.0624. The number of halogens is 5. The van der Waals surface area contributed by atoms with Gasteiger partial charge in [0.2, 0.25) is 5.82 Å². The zero-order chi connectivity index (χ0) is 16.6. The van der Waals surface area contributed by atoms with Crippen LogP contribution in [0.5, 0.6) is 0 Å². The highest BCUT2D eigenvalue weighted by Crippen LogP contribution is 2.33. The standard InChI is InChI=1S/C14H6F4IN3O/c15-9-1-2-11(20-6-9)12-21-13(23-22-12)7-3-8(14(16,17)18)5-10(19)4-7/h1-6H. The molecule has 9 heteroatoms. The van der Waals surface area contributed by atoms with Gasteiger partial charge in [0, 0.05) is 9.13 Å². The second-order valence-corrected chi connectivity index (χ2v) is 5.76. The van der Waals surface area contributed by atoms with Crippen molar-refractivity contribution in [1.82, 2.24) is 15.1 Å². The third-order valence-corrected chi connectivity index (χ3v) is 3.48. The van der Waals surface area contributed by atoms with E-state index in [0.717, 1.165) is 18.3 Å². The summed E-state index contributed by atoms with van der Waals surface area (Å²) in [5, 5.41) is 3.66. The average molecular weight is 435 g/mol. The van der Waals surface area contributed by atoms with E-state index in [0.29, 0.717) is 3.57 Å². The number of nitrogens with zero attached hydrogens (tertiary/aromatic N) is 3. The Morgan fingerprint density at radius 2 is 1.87 bits per heavy atom. The SMILES string of the molecule is Fc1ccc(-c2noc(-c3cc(I)cc(C(F)(F)F)c3)n2)nc1. The van der Waals surface area contributed by atoms with E-state index in [2.05, 4.69) is 15.1 Å². The molecule has 0 aliphatic carbocycles. The van der Waals surface area contributed by atoms with Crippen molar-refractivity contribution in [2.24, 2.45) is 0 Å². The Morgan fingerprint density at radius 1 is 1.09 bits per heavy atom. The molecular formula is C14H6F4IN3O. The molecule has 0 aliphatic rings. The van der Waals surface area contributed by atoms with E-state index >= 15 is 0 Å². The Kier molecular flexibility index (Phi) is 4.04. The molecule has 0 atom stereocenters. The fourth-order valence-electron chi connectivity index (χ4n) is 1.83. The number of alkyl halides is 3. The highest BCUT2D eigenvalue weighted by atomic mass is 127. The highest BCUT2D eigenvalue weighted by molar-refractivity contribution is 14.1. The molecule has 118 valence electrons. The van der Waals surface area contributed by atoms with Crippen molar-refractivity contribution in [1.29, 1.82) is 0 Å². The van der Waals surface area contributed by atoms with Gasteiger partial charge in [-0.15, -0.1) is 0 Å². The van der Waals surface area contributed by atoms with E-state index in [-0.39, 0.29) is 23.0 Å². The molecule has 0 aliphatic heterocycles. The second-order valence-electron chi connectivity index (χ2n) is 4.51. The summed E-state index contributed by atoms with van der Waals surface area (Å²) in [4.78, 5) is 7.80. The lowest BCUT2D eigenvalue weighted by Gasteiger charge is -2.08. The molecule has 0 fully saturated rings. The van der Waals surface area contributed by atoms with Crippen molar-refractivity contribution >= 4 is 22.6 Å². The van der Waals surface area contributed by atoms with Gasteiger partial charge in [0.05, 0.1) is 11.8 Å². The molecule has 0 saturated heterocycles. The number of rotatable bonds is 2. The van der Waals surface area contributed by atoms with E-state index in [1.165, 1.54) is 18.2 Å². The van der Waals surface area contributed by atoms with Gasteiger partial charge in [-0.3, -0.25) is 0 Å². The molecule has 3 rings (SSSR count). The minimum atomic E-state index is -4.47. The predicted octanol–water partition coefficient (Wildman–Crippen LogP) is 4.56. The lowest BCUT2D eigenvalue weighted by Crippen LogP contribution is -2.05. The number of hydrogen-bond acceptors (Lipinski definition) is 4. The molecule has 0 spiro atoms. The van der Waals surface area contributed by atoms with Crippen LogP contribution in [0.1, 0.15) is 5.56 Å². The number of hydrogen-bond donors (Lipinski definition) is 0. The first-order chi connectivity index (χ1) is 10.8. The van der Waals surface area contributed by atoms with E-state index < -0.39 is 17.6 Å². The second kappa shape index (κ2) is 5.87. The first kappa shape index (κ1) is 15.8. The summed E-state index contributed by atoms with van der Waals surface area (Å²) in [7, 11) is 0. The van der Waals surface area contributed by atoms with E-state index in [1.54, 1.807) is 22.6 Å². The van der Waals surface area contributed by atoms with E-state index in [9.17, 15) is 17.6 Å². The highest BCUT2D eigenvalue weighted by Gasteiger charge is 2.31. The van der Waals surface area contributed by atoms with Crippen molar-refractivity contribution < 1.29 is 22.1 Å². The van der Waals surface area contributed by atoms with Gasteiger partial charge in [0.15, 0.2) is 0 Å². The quantitative estimate of drug-likeness (QED) is 0.438. The van der Waals surface area contributed by atoms with Gasteiger partial charge < -0.3 is 4.52 Å². The molecule has 2 aromatic heterocycles. The largest absolute Gasteiger partial charge is 0.416 e. The summed E-state index contributed by atoms with van der Waals surface area (Å²) >= 11 is 1.78. The Bertz CT molecular complexity index is 846. The lowest BCUT2D eigenvalue weighted by atomic mass is 10.1. The topological polar surface area (TPSA) is 51.8 Å². The summed E-state index contributed by atoms with van der Waals surface area (Å²) in [6.45, 7) is 0. The average Bonchev–Trinajstić information content (AvgIpc) is 2.96. The number of aromatic nitrogens is 3. The van der Waals surface area contributed by atoms with Crippen LogP contribution in [-0.4, -0.2) is 15.1 Å². The maximum atomic E-state index is 12.9. The van der Waals surface area contributed by atoms with Crippen LogP contribution in [0.25, 0.3) is 23.0 Å². The van der Waals surface area contributed by atoms with Crippen LogP contribution < -0.4 is 0 Å². The van der Waals surface area contributed by atoms with Crippen LogP contribution >= 0.6 is 22.6 Å². The lowest BCUT2D eigenvalue weighted by molar-refractivity contribution is -0.137. The van der Waals surface area contributed by atoms with Gasteiger partial charge in [-0.25, -0.2) is 9.37 Å². The van der Waals surface area contributed by atoms with Gasteiger partial charge in [-0.2, -0.15) is 18.2 Å². The van der Waals surface area contributed by atoms with Gasteiger partial charge in [0.25, 0.3) is 5.89 Å². The zero-order valence-electron chi connectivity index (χ0n) is 11.1. The first-order valence-electron chi connectivity index (χ1n) is 6.17. The van der Waals surface area contributed by atoms with Crippen molar-refractivity contribution in [3.05, 3.63) is 51.5 Å². The summed E-state index contributed by atoms with van der Waals surface area (Å²) in [6, 6.07) is 5.96. The Labute approximate surface area is 140 Å². The summed E-state index contributed by atoms with van der Waals surface area (Å²) in [5.41, 5.74) is -0.410. The van der Waals surface area contributed by atoms with Crippen LogP contribution in [0, 0.1) is 9.39 Å². The molecule has 0 N–H and O–H groups in total. The molecule has 0 bridgehead atoms. The molecule has 4 nitrogen and oxygen atoms in total. The molecule has 0 radical (unpaired) electrons. The molecular weight excluding hydrogens is 429 g/mol. The smallest absolute Gasteiger partial charge is 0.334 e. The molecule has 3 aromatic rings. The Balaban J connectivity index is 2.00. The summed E-state index contributed by atoms with van der Waals surface area (Å²) in [5.74, 6) is -0.535. The normalized spacial score (nSPS) is 11.7. The zero-order valence-corrected chi connectivity index (χ0v) is 13.3. The van der Waals surface area contributed by atoms with Crippen molar-refractivity contribution in [3.63, 3.8) is 0 Å². The van der Waals surface area contributed by atoms with Gasteiger partial charge >= 0.3 is 6.18 Å². The summed E-state index contributed by atoms with van der Waals surface area (Å²) in [6.07, 6.45) is -3.49. The number of benzene rings is 1. The van der Waals surface area contributed by atoms with Gasteiger partial charge in [-0.05, 0) is 52.9 Å². The van der Waals surface area contributed by atoms with Crippen molar-refractivity contribution in [2.75, 3.05) is 0 Å². The maximum absolute atomic E-state index is 12.9. The fourth-order valence-corrected chi connectivity index (χ4v) is 2.50.